The van der Waals surface area contributed by atoms with Crippen LogP contribution in [-0.4, -0.2) is 46.4 Å². The molecule has 0 amide bonds. The lowest BCUT2D eigenvalue weighted by Gasteiger charge is -2.30. The first-order valence-electron chi connectivity index (χ1n) is 8.12. The SMILES string of the molecule is Cc1ccc(O)c(-c2nnc(N[C@@H]3CCCN(C)C3)cc2C)c1. The molecule has 1 fully saturated rings. The summed E-state index contributed by atoms with van der Waals surface area (Å²) in [5.74, 6) is 1.04. The van der Waals surface area contributed by atoms with E-state index < -0.39 is 0 Å². The molecule has 5 heteroatoms. The molecule has 122 valence electrons. The number of hydrogen-bond acceptors (Lipinski definition) is 5. The average molecular weight is 312 g/mol. The average Bonchev–Trinajstić information content (AvgIpc) is 2.50. The molecular weight excluding hydrogens is 288 g/mol. The van der Waals surface area contributed by atoms with E-state index in [1.54, 1.807) is 6.07 Å². The zero-order chi connectivity index (χ0) is 16.4. The predicted molar refractivity (Wildman–Crippen MR) is 92.7 cm³/mol. The highest BCUT2D eigenvalue weighted by Crippen LogP contribution is 2.31. The smallest absolute Gasteiger partial charge is 0.149 e. The summed E-state index contributed by atoms with van der Waals surface area (Å²) in [6, 6.07) is 7.96. The van der Waals surface area contributed by atoms with Crippen molar-refractivity contribution in [3.05, 3.63) is 35.4 Å². The second kappa shape index (κ2) is 6.54. The van der Waals surface area contributed by atoms with Crippen LogP contribution in [0.3, 0.4) is 0 Å². The van der Waals surface area contributed by atoms with Gasteiger partial charge >= 0.3 is 0 Å². The minimum atomic E-state index is 0.239. The number of benzene rings is 1. The van der Waals surface area contributed by atoms with Gasteiger partial charge in [-0.3, -0.25) is 0 Å². The Morgan fingerprint density at radius 1 is 1.22 bits per heavy atom. The number of aryl methyl sites for hydroxylation is 2. The number of nitrogens with zero attached hydrogens (tertiary/aromatic N) is 3. The summed E-state index contributed by atoms with van der Waals surface area (Å²) in [7, 11) is 2.15. The number of hydrogen-bond donors (Lipinski definition) is 2. The predicted octanol–water partition coefficient (Wildman–Crippen LogP) is 2.97. The summed E-state index contributed by atoms with van der Waals surface area (Å²) >= 11 is 0. The Bertz CT molecular complexity index is 701. The number of phenols is 1. The third-order valence-electron chi connectivity index (χ3n) is 4.37. The van der Waals surface area contributed by atoms with Gasteiger partial charge in [-0.15, -0.1) is 10.2 Å². The van der Waals surface area contributed by atoms with Crippen molar-refractivity contribution in [1.29, 1.82) is 0 Å². The highest BCUT2D eigenvalue weighted by Gasteiger charge is 2.18. The molecule has 0 radical (unpaired) electrons. The number of nitrogens with one attached hydrogen (secondary N) is 1. The first-order chi connectivity index (χ1) is 11.0. The Hall–Kier alpha value is -2.14. The van der Waals surface area contributed by atoms with Gasteiger partial charge in [0.05, 0.1) is 5.69 Å². The molecule has 1 aliphatic rings. The highest BCUT2D eigenvalue weighted by atomic mass is 16.3. The van der Waals surface area contributed by atoms with Crippen molar-refractivity contribution in [3.8, 4) is 17.0 Å². The summed E-state index contributed by atoms with van der Waals surface area (Å²) in [4.78, 5) is 2.33. The van der Waals surface area contributed by atoms with Gasteiger partial charge in [-0.2, -0.15) is 0 Å². The maximum absolute atomic E-state index is 10.1. The molecule has 1 aromatic carbocycles. The molecule has 1 saturated heterocycles. The van der Waals surface area contributed by atoms with Crippen molar-refractivity contribution in [3.63, 3.8) is 0 Å². The second-order valence-electron chi connectivity index (χ2n) is 6.53. The van der Waals surface area contributed by atoms with Gasteiger partial charge in [-0.25, -0.2) is 0 Å². The summed E-state index contributed by atoms with van der Waals surface area (Å²) in [5.41, 5.74) is 3.57. The van der Waals surface area contributed by atoms with Crippen molar-refractivity contribution in [1.82, 2.24) is 15.1 Å². The molecule has 2 heterocycles. The lowest BCUT2D eigenvalue weighted by molar-refractivity contribution is 0.260. The summed E-state index contributed by atoms with van der Waals surface area (Å²) in [5, 5.41) is 22.2. The number of likely N-dealkylation sites (tertiary alicyclic amines) is 1. The third-order valence-corrected chi connectivity index (χ3v) is 4.37. The summed E-state index contributed by atoms with van der Waals surface area (Å²) in [6.45, 7) is 6.20. The van der Waals surface area contributed by atoms with E-state index in [2.05, 4.69) is 27.5 Å². The molecule has 1 atom stereocenters. The topological polar surface area (TPSA) is 61.3 Å². The van der Waals surface area contributed by atoms with Gasteiger partial charge in [-0.1, -0.05) is 11.6 Å². The van der Waals surface area contributed by atoms with E-state index in [-0.39, 0.29) is 5.75 Å². The normalized spacial score (nSPS) is 18.8. The van der Waals surface area contributed by atoms with Crippen LogP contribution >= 0.6 is 0 Å². The maximum atomic E-state index is 10.1. The van der Waals surface area contributed by atoms with Crippen LogP contribution in [0.2, 0.25) is 0 Å². The van der Waals surface area contributed by atoms with Crippen LogP contribution in [0.25, 0.3) is 11.3 Å². The van der Waals surface area contributed by atoms with E-state index in [4.69, 9.17) is 0 Å². The van der Waals surface area contributed by atoms with Crippen LogP contribution in [0.5, 0.6) is 5.75 Å². The van der Waals surface area contributed by atoms with E-state index >= 15 is 0 Å². The van der Waals surface area contributed by atoms with E-state index in [9.17, 15) is 5.11 Å². The highest BCUT2D eigenvalue weighted by molar-refractivity contribution is 5.70. The number of aromatic hydroxyl groups is 1. The van der Waals surface area contributed by atoms with Crippen molar-refractivity contribution < 1.29 is 5.11 Å². The molecule has 0 unspecified atom stereocenters. The summed E-state index contributed by atoms with van der Waals surface area (Å²) < 4.78 is 0. The van der Waals surface area contributed by atoms with Gasteiger partial charge in [-0.05, 0) is 64.0 Å². The molecular formula is C18H24N4O. The lowest BCUT2D eigenvalue weighted by Crippen LogP contribution is -2.39. The molecule has 2 aromatic rings. The molecule has 0 saturated carbocycles. The van der Waals surface area contributed by atoms with Crippen LogP contribution in [-0.2, 0) is 0 Å². The standard InChI is InChI=1S/C18H24N4O/c1-12-6-7-16(23)15(9-12)18-13(2)10-17(20-21-18)19-14-5-4-8-22(3)11-14/h6-7,9-10,14,23H,4-5,8,11H2,1-3H3,(H,19,20)/t14-/m1/s1. The number of aromatic nitrogens is 2. The molecule has 0 bridgehead atoms. The molecule has 1 aliphatic heterocycles. The van der Waals surface area contributed by atoms with Crippen molar-refractivity contribution >= 4 is 5.82 Å². The van der Waals surface area contributed by atoms with Crippen LogP contribution in [0, 0.1) is 13.8 Å². The molecule has 1 aromatic heterocycles. The monoisotopic (exact) mass is 312 g/mol. The number of piperidine rings is 1. The Morgan fingerprint density at radius 3 is 2.78 bits per heavy atom. The van der Waals surface area contributed by atoms with E-state index in [0.29, 0.717) is 6.04 Å². The minimum Gasteiger partial charge on any atom is -0.507 e. The molecule has 5 nitrogen and oxygen atoms in total. The Balaban J connectivity index is 1.82. The van der Waals surface area contributed by atoms with Crippen molar-refractivity contribution in [2.75, 3.05) is 25.5 Å². The minimum absolute atomic E-state index is 0.239. The van der Waals surface area contributed by atoms with Crippen LogP contribution in [0.15, 0.2) is 24.3 Å². The molecule has 0 spiro atoms. The number of phenolic OH excluding ortho intramolecular Hbond substituents is 1. The second-order valence-corrected chi connectivity index (χ2v) is 6.53. The van der Waals surface area contributed by atoms with Crippen molar-refractivity contribution in [2.24, 2.45) is 0 Å². The number of rotatable bonds is 3. The van der Waals surface area contributed by atoms with E-state index in [1.807, 2.05) is 32.0 Å². The zero-order valence-electron chi connectivity index (χ0n) is 14.0. The molecule has 2 N–H and O–H groups in total. The van der Waals surface area contributed by atoms with E-state index in [1.165, 1.54) is 6.42 Å². The lowest BCUT2D eigenvalue weighted by atomic mass is 10.0. The van der Waals surface area contributed by atoms with Gasteiger partial charge < -0.3 is 15.3 Å². The quantitative estimate of drug-likeness (QED) is 0.912. The number of anilines is 1. The van der Waals surface area contributed by atoms with Crippen LogP contribution in [0.4, 0.5) is 5.82 Å². The third kappa shape index (κ3) is 3.62. The fourth-order valence-electron chi connectivity index (χ4n) is 3.15. The number of likely N-dealkylation sites (N-methyl/N-ethyl adjacent to an activating group) is 1. The van der Waals surface area contributed by atoms with Crippen LogP contribution < -0.4 is 5.32 Å². The van der Waals surface area contributed by atoms with Crippen LogP contribution in [0.1, 0.15) is 24.0 Å². The molecule has 23 heavy (non-hydrogen) atoms. The van der Waals surface area contributed by atoms with Gasteiger partial charge in [0, 0.05) is 18.2 Å². The van der Waals surface area contributed by atoms with Gasteiger partial charge in [0.25, 0.3) is 0 Å². The Morgan fingerprint density at radius 2 is 2.04 bits per heavy atom. The Labute approximate surface area is 137 Å². The van der Waals surface area contributed by atoms with Crippen molar-refractivity contribution in [2.45, 2.75) is 32.7 Å². The zero-order valence-corrected chi connectivity index (χ0v) is 14.0. The fourth-order valence-corrected chi connectivity index (χ4v) is 3.15. The molecule has 0 aliphatic carbocycles. The molecule has 3 rings (SSSR count). The Kier molecular flexibility index (Phi) is 4.48. The maximum Gasteiger partial charge on any atom is 0.149 e. The first-order valence-corrected chi connectivity index (χ1v) is 8.12. The van der Waals surface area contributed by atoms with E-state index in [0.717, 1.165) is 47.7 Å². The fraction of sp³-hybridized carbons (Fsp3) is 0.444. The van der Waals surface area contributed by atoms with Gasteiger partial charge in [0.1, 0.15) is 11.6 Å². The van der Waals surface area contributed by atoms with Gasteiger partial charge in [0.15, 0.2) is 0 Å². The largest absolute Gasteiger partial charge is 0.507 e. The summed E-state index contributed by atoms with van der Waals surface area (Å²) in [6.07, 6.45) is 2.36. The first kappa shape index (κ1) is 15.7. The van der Waals surface area contributed by atoms with Gasteiger partial charge in [0.2, 0.25) is 0 Å².